The summed E-state index contributed by atoms with van der Waals surface area (Å²) in [5, 5.41) is 9.00. The van der Waals surface area contributed by atoms with Crippen molar-refractivity contribution in [3.05, 3.63) is 22.5 Å². The number of carbonyl (C=O) groups is 1. The van der Waals surface area contributed by atoms with E-state index in [0.717, 1.165) is 6.54 Å². The van der Waals surface area contributed by atoms with Crippen LogP contribution in [0.3, 0.4) is 0 Å². The molecule has 108 valence electrons. The first-order chi connectivity index (χ1) is 9.58. The molecule has 0 saturated heterocycles. The predicted octanol–water partition coefficient (Wildman–Crippen LogP) is 3.18. The van der Waals surface area contributed by atoms with Crippen molar-refractivity contribution >= 4 is 23.3 Å². The molecule has 20 heavy (non-hydrogen) atoms. The van der Waals surface area contributed by atoms with Crippen molar-refractivity contribution in [2.75, 3.05) is 24.6 Å². The van der Waals surface area contributed by atoms with Crippen LogP contribution in [0, 0.1) is 11.7 Å². The number of hydrogen-bond acceptors (Lipinski definition) is 3. The van der Waals surface area contributed by atoms with Crippen LogP contribution in [-0.2, 0) is 0 Å². The summed E-state index contributed by atoms with van der Waals surface area (Å²) in [4.78, 5) is 13.3. The summed E-state index contributed by atoms with van der Waals surface area (Å²) in [6.07, 6.45) is 3.62. The van der Waals surface area contributed by atoms with Crippen LogP contribution in [0.5, 0.6) is 5.75 Å². The van der Waals surface area contributed by atoms with Gasteiger partial charge in [0.2, 0.25) is 0 Å². The van der Waals surface area contributed by atoms with Crippen LogP contribution in [0.2, 0.25) is 5.02 Å². The zero-order valence-corrected chi connectivity index (χ0v) is 11.6. The van der Waals surface area contributed by atoms with Crippen LogP contribution in [0.1, 0.15) is 29.6 Å². The molecule has 0 bridgehead atoms. The molecule has 0 radical (unpaired) electrons. The minimum Gasteiger partial charge on any atom is -0.489 e. The molecular weight excluding hydrogens is 285 g/mol. The van der Waals surface area contributed by atoms with Crippen LogP contribution >= 0.6 is 11.6 Å². The molecule has 0 unspecified atom stereocenters. The summed E-state index contributed by atoms with van der Waals surface area (Å²) in [6, 6.07) is 1.47. The van der Waals surface area contributed by atoms with Crippen molar-refractivity contribution in [1.82, 2.24) is 0 Å². The van der Waals surface area contributed by atoms with Crippen LogP contribution < -0.4 is 9.64 Å². The Morgan fingerprint density at radius 2 is 2.30 bits per heavy atom. The average Bonchev–Trinajstić information content (AvgIpc) is 2.35. The Morgan fingerprint density at radius 3 is 2.90 bits per heavy atom. The highest BCUT2D eigenvalue weighted by molar-refractivity contribution is 6.31. The van der Waals surface area contributed by atoms with Gasteiger partial charge in [-0.3, -0.25) is 0 Å². The highest BCUT2D eigenvalue weighted by Gasteiger charge is 2.31. The van der Waals surface area contributed by atoms with Gasteiger partial charge in [-0.2, -0.15) is 0 Å². The number of carboxylic acid groups (broad SMARTS) is 1. The van der Waals surface area contributed by atoms with E-state index in [4.69, 9.17) is 16.3 Å². The fourth-order valence-electron chi connectivity index (χ4n) is 2.72. The molecule has 1 aromatic carbocycles. The van der Waals surface area contributed by atoms with Gasteiger partial charge in [0.25, 0.3) is 0 Å². The van der Waals surface area contributed by atoms with Gasteiger partial charge in [-0.05, 0) is 24.8 Å². The van der Waals surface area contributed by atoms with Gasteiger partial charge < -0.3 is 14.7 Å². The lowest BCUT2D eigenvalue weighted by Crippen LogP contribution is -2.38. The van der Waals surface area contributed by atoms with Crippen molar-refractivity contribution in [1.29, 1.82) is 0 Å². The summed E-state index contributed by atoms with van der Waals surface area (Å²) < 4.78 is 19.3. The molecule has 1 saturated carbocycles. The molecule has 0 aromatic heterocycles. The Morgan fingerprint density at radius 1 is 1.55 bits per heavy atom. The Bertz CT molecular complexity index is 560. The molecule has 4 nitrogen and oxygen atoms in total. The van der Waals surface area contributed by atoms with Crippen molar-refractivity contribution < 1.29 is 19.0 Å². The van der Waals surface area contributed by atoms with Gasteiger partial charge in [-0.15, -0.1) is 0 Å². The predicted molar refractivity (Wildman–Crippen MR) is 73.4 cm³/mol. The number of anilines is 1. The van der Waals surface area contributed by atoms with Crippen LogP contribution in [0.15, 0.2) is 6.07 Å². The lowest BCUT2D eigenvalue weighted by atomic mass is 9.85. The molecule has 6 heteroatoms. The third-order valence-corrected chi connectivity index (χ3v) is 4.29. The lowest BCUT2D eigenvalue weighted by molar-refractivity contribution is 0.0686. The summed E-state index contributed by atoms with van der Waals surface area (Å²) in [5.41, 5.74) is 0.123. The molecule has 1 aromatic rings. The van der Waals surface area contributed by atoms with Gasteiger partial charge in [0.1, 0.15) is 12.2 Å². The number of aromatic carboxylic acids is 1. The van der Waals surface area contributed by atoms with E-state index < -0.39 is 17.3 Å². The highest BCUT2D eigenvalue weighted by Crippen LogP contribution is 2.41. The monoisotopic (exact) mass is 299 g/mol. The molecule has 1 fully saturated rings. The number of hydrogen-bond donors (Lipinski definition) is 1. The lowest BCUT2D eigenvalue weighted by Gasteiger charge is -2.37. The normalized spacial score (nSPS) is 18.2. The molecule has 0 spiro atoms. The minimum atomic E-state index is -1.35. The number of ether oxygens (including phenoxy) is 1. The van der Waals surface area contributed by atoms with Gasteiger partial charge in [-0.25, -0.2) is 9.18 Å². The topological polar surface area (TPSA) is 49.8 Å². The van der Waals surface area contributed by atoms with Gasteiger partial charge in [0.05, 0.1) is 17.3 Å². The second-order valence-electron chi connectivity index (χ2n) is 5.29. The van der Waals surface area contributed by atoms with Gasteiger partial charge >= 0.3 is 5.97 Å². The van der Waals surface area contributed by atoms with E-state index in [2.05, 4.69) is 4.90 Å². The molecule has 1 N–H and O–H groups in total. The van der Waals surface area contributed by atoms with Crippen LogP contribution in [0.25, 0.3) is 0 Å². The quantitative estimate of drug-likeness (QED) is 0.931. The first-order valence-corrected chi connectivity index (χ1v) is 7.08. The third kappa shape index (κ3) is 2.20. The van der Waals surface area contributed by atoms with E-state index in [0.29, 0.717) is 24.8 Å². The molecule has 3 rings (SSSR count). The molecule has 1 heterocycles. The van der Waals surface area contributed by atoms with Gasteiger partial charge in [-0.1, -0.05) is 18.0 Å². The van der Waals surface area contributed by atoms with E-state index >= 15 is 0 Å². The Labute approximate surface area is 121 Å². The average molecular weight is 300 g/mol. The van der Waals surface area contributed by atoms with Crippen LogP contribution in [0.4, 0.5) is 10.1 Å². The maximum atomic E-state index is 13.9. The van der Waals surface area contributed by atoms with E-state index in [1.165, 1.54) is 25.3 Å². The molecule has 1 aliphatic heterocycles. The number of rotatable bonds is 3. The fourth-order valence-corrected chi connectivity index (χ4v) is 2.92. The van der Waals surface area contributed by atoms with E-state index in [1.807, 2.05) is 0 Å². The van der Waals surface area contributed by atoms with Crippen molar-refractivity contribution in [3.63, 3.8) is 0 Å². The number of nitrogens with zero attached hydrogens (tertiary/aromatic N) is 1. The minimum absolute atomic E-state index is 0.102. The number of halogens is 2. The third-order valence-electron chi connectivity index (χ3n) is 4.02. The summed E-state index contributed by atoms with van der Waals surface area (Å²) in [7, 11) is 0. The van der Waals surface area contributed by atoms with Crippen molar-refractivity contribution in [2.24, 2.45) is 5.92 Å². The standard InChI is InChI=1S/C14H15ClFNO3/c15-9-6-10-13(11(12(9)16)14(18)19)20-5-4-17(10)7-8-2-1-3-8/h6,8H,1-5,7H2,(H,18,19). The maximum absolute atomic E-state index is 13.9. The Balaban J connectivity index is 2.02. The Hall–Kier alpha value is -1.49. The zero-order valence-electron chi connectivity index (χ0n) is 10.9. The summed E-state index contributed by atoms with van der Waals surface area (Å²) in [5.74, 6) is -1.56. The molecule has 0 atom stereocenters. The summed E-state index contributed by atoms with van der Waals surface area (Å²) in [6.45, 7) is 1.88. The van der Waals surface area contributed by atoms with Crippen molar-refractivity contribution in [3.8, 4) is 5.75 Å². The molecule has 1 aliphatic carbocycles. The zero-order chi connectivity index (χ0) is 14.3. The molecule has 2 aliphatic rings. The maximum Gasteiger partial charge on any atom is 0.342 e. The highest BCUT2D eigenvalue weighted by atomic mass is 35.5. The Kier molecular flexibility index (Phi) is 3.46. The molecular formula is C14H15ClFNO3. The second kappa shape index (κ2) is 5.13. The first-order valence-electron chi connectivity index (χ1n) is 6.71. The van der Waals surface area contributed by atoms with Crippen molar-refractivity contribution in [2.45, 2.75) is 19.3 Å². The van der Waals surface area contributed by atoms with Crippen LogP contribution in [-0.4, -0.2) is 30.8 Å². The smallest absolute Gasteiger partial charge is 0.342 e. The fraction of sp³-hybridized carbons (Fsp3) is 0.500. The second-order valence-corrected chi connectivity index (χ2v) is 5.70. The SMILES string of the molecule is O=C(O)c1c(F)c(Cl)cc2c1OCCN2CC1CCC1. The van der Waals surface area contributed by atoms with Gasteiger partial charge in [0.15, 0.2) is 11.6 Å². The number of fused-ring (bicyclic) bond motifs is 1. The van der Waals surface area contributed by atoms with E-state index in [9.17, 15) is 14.3 Å². The summed E-state index contributed by atoms with van der Waals surface area (Å²) >= 11 is 5.82. The molecule has 0 amide bonds. The number of carboxylic acids is 1. The largest absolute Gasteiger partial charge is 0.489 e. The first kappa shape index (κ1) is 13.5. The van der Waals surface area contributed by atoms with Gasteiger partial charge in [0, 0.05) is 6.54 Å². The van der Waals surface area contributed by atoms with E-state index in [1.54, 1.807) is 0 Å². The number of benzene rings is 1. The van der Waals surface area contributed by atoms with E-state index in [-0.39, 0.29) is 10.8 Å².